The van der Waals surface area contributed by atoms with E-state index in [2.05, 4.69) is 5.32 Å². The molecule has 0 fully saturated rings. The van der Waals surface area contributed by atoms with E-state index in [9.17, 15) is 9.59 Å². The molecule has 1 aliphatic rings. The Morgan fingerprint density at radius 1 is 1.03 bits per heavy atom. The monoisotopic (exact) mass is 447 g/mol. The minimum Gasteiger partial charge on any atom is -0.497 e. The molecule has 1 amide bonds. The average molecular weight is 448 g/mol. The molecule has 7 heteroatoms. The van der Waals surface area contributed by atoms with E-state index in [1.54, 1.807) is 73.8 Å². The van der Waals surface area contributed by atoms with Gasteiger partial charge in [-0.1, -0.05) is 41.9 Å². The van der Waals surface area contributed by atoms with E-state index in [4.69, 9.17) is 25.5 Å². The Kier molecular flexibility index (Phi) is 5.07. The van der Waals surface area contributed by atoms with Gasteiger partial charge in [0, 0.05) is 16.8 Å². The number of nitrogens with one attached hydrogen (secondary N) is 1. The van der Waals surface area contributed by atoms with Crippen molar-refractivity contribution in [1.82, 2.24) is 0 Å². The lowest BCUT2D eigenvalue weighted by Crippen LogP contribution is -2.35. The van der Waals surface area contributed by atoms with E-state index in [1.807, 2.05) is 6.07 Å². The molecular formula is C25H18ClNO5. The van der Waals surface area contributed by atoms with Crippen LogP contribution in [0.15, 0.2) is 82.0 Å². The highest BCUT2D eigenvalue weighted by Gasteiger charge is 2.44. The summed E-state index contributed by atoms with van der Waals surface area (Å²) >= 11 is 6.06. The number of rotatable bonds is 4. The van der Waals surface area contributed by atoms with Crippen LogP contribution in [0, 0.1) is 0 Å². The SMILES string of the molecule is COc1cccc(NC(=O)[C@H]2Oc3c(c(=O)oc4ccccc34)[C@H]2c2ccc(Cl)cc2)c1. The number of anilines is 1. The Labute approximate surface area is 188 Å². The molecule has 1 N–H and O–H groups in total. The number of carbonyl (C=O) groups excluding carboxylic acids is 1. The van der Waals surface area contributed by atoms with Gasteiger partial charge < -0.3 is 19.2 Å². The summed E-state index contributed by atoms with van der Waals surface area (Å²) in [6, 6.07) is 21.1. The smallest absolute Gasteiger partial charge is 0.344 e. The van der Waals surface area contributed by atoms with Gasteiger partial charge in [0.1, 0.15) is 17.1 Å². The normalized spacial score (nSPS) is 16.9. The number of hydrogen-bond donors (Lipinski definition) is 1. The maximum Gasteiger partial charge on any atom is 0.344 e. The van der Waals surface area contributed by atoms with Gasteiger partial charge in [0.15, 0.2) is 6.10 Å². The van der Waals surface area contributed by atoms with Crippen molar-refractivity contribution in [3.63, 3.8) is 0 Å². The Bertz CT molecular complexity index is 1380. The third-order valence-electron chi connectivity index (χ3n) is 5.48. The van der Waals surface area contributed by atoms with Gasteiger partial charge in [-0.15, -0.1) is 0 Å². The second-order valence-electron chi connectivity index (χ2n) is 7.42. The van der Waals surface area contributed by atoms with Crippen LogP contribution < -0.4 is 20.4 Å². The molecule has 5 rings (SSSR count). The third-order valence-corrected chi connectivity index (χ3v) is 5.73. The lowest BCUT2D eigenvalue weighted by Gasteiger charge is -2.19. The molecule has 0 saturated carbocycles. The summed E-state index contributed by atoms with van der Waals surface area (Å²) in [5.74, 6) is -0.0754. The quantitative estimate of drug-likeness (QED) is 0.446. The van der Waals surface area contributed by atoms with Crippen molar-refractivity contribution in [2.45, 2.75) is 12.0 Å². The van der Waals surface area contributed by atoms with Crippen molar-refractivity contribution in [3.8, 4) is 11.5 Å². The second-order valence-corrected chi connectivity index (χ2v) is 7.85. The van der Waals surface area contributed by atoms with E-state index in [-0.39, 0.29) is 0 Å². The van der Waals surface area contributed by atoms with Gasteiger partial charge >= 0.3 is 5.63 Å². The first-order valence-electron chi connectivity index (χ1n) is 9.98. The Morgan fingerprint density at radius 2 is 1.81 bits per heavy atom. The van der Waals surface area contributed by atoms with Crippen molar-refractivity contribution in [2.75, 3.05) is 12.4 Å². The summed E-state index contributed by atoms with van der Waals surface area (Å²) in [4.78, 5) is 26.3. The zero-order chi connectivity index (χ0) is 22.2. The van der Waals surface area contributed by atoms with Gasteiger partial charge in [0.05, 0.1) is 24.0 Å². The fraction of sp³-hybridized carbons (Fsp3) is 0.120. The molecule has 0 unspecified atom stereocenters. The van der Waals surface area contributed by atoms with Crippen LogP contribution in [0.25, 0.3) is 11.0 Å². The van der Waals surface area contributed by atoms with Gasteiger partial charge in [0.25, 0.3) is 5.91 Å². The summed E-state index contributed by atoms with van der Waals surface area (Å²) in [5, 5.41) is 4.06. The molecular weight excluding hydrogens is 430 g/mol. The van der Waals surface area contributed by atoms with Crippen LogP contribution in [0.2, 0.25) is 5.02 Å². The molecule has 0 bridgehead atoms. The van der Waals surface area contributed by atoms with Crippen LogP contribution in [0.3, 0.4) is 0 Å². The first kappa shape index (κ1) is 20.2. The first-order valence-corrected chi connectivity index (χ1v) is 10.4. The predicted octanol–water partition coefficient (Wildman–Crippen LogP) is 4.99. The fourth-order valence-corrected chi connectivity index (χ4v) is 4.13. The van der Waals surface area contributed by atoms with Gasteiger partial charge in [0.2, 0.25) is 0 Å². The molecule has 2 heterocycles. The first-order chi connectivity index (χ1) is 15.5. The van der Waals surface area contributed by atoms with Crippen LogP contribution >= 0.6 is 11.6 Å². The topological polar surface area (TPSA) is 77.8 Å². The minimum atomic E-state index is -0.980. The van der Waals surface area contributed by atoms with Gasteiger partial charge in [-0.25, -0.2) is 4.79 Å². The van der Waals surface area contributed by atoms with E-state index >= 15 is 0 Å². The number of hydrogen-bond acceptors (Lipinski definition) is 5. The molecule has 1 aliphatic heterocycles. The van der Waals surface area contributed by atoms with Gasteiger partial charge in [-0.2, -0.15) is 0 Å². The minimum absolute atomic E-state index is 0.316. The number of fused-ring (bicyclic) bond motifs is 3. The predicted molar refractivity (Wildman–Crippen MR) is 122 cm³/mol. The molecule has 3 aromatic carbocycles. The Hall–Kier alpha value is -3.77. The average Bonchev–Trinajstić information content (AvgIpc) is 3.22. The summed E-state index contributed by atoms with van der Waals surface area (Å²) in [6.45, 7) is 0. The fourth-order valence-electron chi connectivity index (χ4n) is 4.01. The number of methoxy groups -OCH3 is 1. The molecule has 0 radical (unpaired) electrons. The molecule has 1 aromatic heterocycles. The number of ether oxygens (including phenoxy) is 2. The van der Waals surface area contributed by atoms with Crippen LogP contribution in [0.5, 0.6) is 11.5 Å². The Morgan fingerprint density at radius 3 is 2.59 bits per heavy atom. The van der Waals surface area contributed by atoms with Crippen LogP contribution in [0.1, 0.15) is 17.0 Å². The maximum absolute atomic E-state index is 13.3. The molecule has 0 aliphatic carbocycles. The van der Waals surface area contributed by atoms with Crippen molar-refractivity contribution in [3.05, 3.63) is 99.4 Å². The summed E-state index contributed by atoms with van der Waals surface area (Å²) in [6.07, 6.45) is -0.980. The van der Waals surface area contributed by atoms with Crippen LogP contribution in [-0.2, 0) is 4.79 Å². The number of halogens is 1. The lowest BCUT2D eigenvalue weighted by atomic mass is 9.88. The molecule has 0 saturated heterocycles. The van der Waals surface area contributed by atoms with E-state index in [1.165, 1.54) is 0 Å². The number of amides is 1. The number of benzene rings is 3. The summed E-state index contributed by atoms with van der Waals surface area (Å²) in [7, 11) is 1.55. The third kappa shape index (κ3) is 3.48. The maximum atomic E-state index is 13.3. The lowest BCUT2D eigenvalue weighted by molar-refractivity contribution is -0.122. The highest BCUT2D eigenvalue weighted by atomic mass is 35.5. The molecule has 6 nitrogen and oxygen atoms in total. The zero-order valence-electron chi connectivity index (χ0n) is 17.0. The molecule has 32 heavy (non-hydrogen) atoms. The highest BCUT2D eigenvalue weighted by Crippen LogP contribution is 2.44. The van der Waals surface area contributed by atoms with Gasteiger partial charge in [-0.05, 0) is 42.0 Å². The molecule has 4 aromatic rings. The second kappa shape index (κ2) is 8.05. The van der Waals surface area contributed by atoms with Crippen LogP contribution in [0.4, 0.5) is 5.69 Å². The number of para-hydroxylation sites is 1. The van der Waals surface area contributed by atoms with Crippen LogP contribution in [-0.4, -0.2) is 19.1 Å². The number of carbonyl (C=O) groups is 1. The van der Waals surface area contributed by atoms with Gasteiger partial charge in [-0.3, -0.25) is 4.79 Å². The largest absolute Gasteiger partial charge is 0.497 e. The molecule has 160 valence electrons. The molecule has 2 atom stereocenters. The van der Waals surface area contributed by atoms with E-state index in [0.717, 1.165) is 5.56 Å². The van der Waals surface area contributed by atoms with E-state index in [0.29, 0.717) is 38.7 Å². The molecule has 0 spiro atoms. The summed E-state index contributed by atoms with van der Waals surface area (Å²) < 4.78 is 16.9. The van der Waals surface area contributed by atoms with Crippen molar-refractivity contribution in [2.24, 2.45) is 0 Å². The van der Waals surface area contributed by atoms with Crippen molar-refractivity contribution in [1.29, 1.82) is 0 Å². The Balaban J connectivity index is 1.61. The summed E-state index contributed by atoms with van der Waals surface area (Å²) in [5.41, 5.74) is 1.47. The van der Waals surface area contributed by atoms with Crippen molar-refractivity contribution < 1.29 is 18.7 Å². The highest BCUT2D eigenvalue weighted by molar-refractivity contribution is 6.30. The van der Waals surface area contributed by atoms with E-state index < -0.39 is 23.6 Å². The standard InChI is InChI=1S/C25H18ClNO5/c1-30-17-6-4-5-16(13-17)27-24(28)23-20(14-9-11-15(26)12-10-14)21-22(32-23)18-7-2-3-8-19(18)31-25(21)29/h2-13,20,23H,1H3,(H,27,28)/t20-,23+/m1/s1. The van der Waals surface area contributed by atoms with Crippen molar-refractivity contribution >= 4 is 34.2 Å². The zero-order valence-corrected chi connectivity index (χ0v) is 17.8.